The average Bonchev–Trinajstić information content (AvgIpc) is 3.55. The molecule has 0 saturated carbocycles. The lowest BCUT2D eigenvalue weighted by Crippen LogP contribution is -2.28. The van der Waals surface area contributed by atoms with E-state index in [0.29, 0.717) is 34.4 Å². The highest BCUT2D eigenvalue weighted by atomic mass is 19.3. The lowest BCUT2D eigenvalue weighted by atomic mass is 10.1. The SMILES string of the molecule is C[C@H]1CCCN1c1ccc(C(=O)Nc2c(-c3ccn[nH]3)ccnc2N2CCC(F)(F)C2)cn1. The molecule has 5 heterocycles. The Kier molecular flexibility index (Phi) is 5.43. The summed E-state index contributed by atoms with van der Waals surface area (Å²) in [5.41, 5.74) is 2.01. The van der Waals surface area contributed by atoms with Gasteiger partial charge in [-0.05, 0) is 44.0 Å². The van der Waals surface area contributed by atoms with Crippen molar-refractivity contribution in [3.8, 4) is 11.3 Å². The van der Waals surface area contributed by atoms with Crippen LogP contribution in [0.5, 0.6) is 0 Å². The fourth-order valence-electron chi connectivity index (χ4n) is 4.51. The van der Waals surface area contributed by atoms with Crippen molar-refractivity contribution in [3.63, 3.8) is 0 Å². The number of anilines is 3. The molecule has 0 aromatic carbocycles. The van der Waals surface area contributed by atoms with Crippen molar-refractivity contribution in [2.45, 2.75) is 38.2 Å². The number of nitrogens with zero attached hydrogens (tertiary/aromatic N) is 5. The molecule has 2 N–H and O–H groups in total. The predicted molar refractivity (Wildman–Crippen MR) is 122 cm³/mol. The first-order chi connectivity index (χ1) is 15.9. The van der Waals surface area contributed by atoms with Gasteiger partial charge in [0.1, 0.15) is 5.82 Å². The normalized spacial score (nSPS) is 19.8. The Morgan fingerprint density at radius 2 is 2.06 bits per heavy atom. The van der Waals surface area contributed by atoms with Gasteiger partial charge in [-0.1, -0.05) is 0 Å². The molecule has 2 aliphatic heterocycles. The van der Waals surface area contributed by atoms with E-state index >= 15 is 0 Å². The van der Waals surface area contributed by atoms with Crippen molar-refractivity contribution in [1.82, 2.24) is 20.2 Å². The molecule has 0 aliphatic carbocycles. The van der Waals surface area contributed by atoms with Crippen LogP contribution in [0.15, 0.2) is 42.9 Å². The van der Waals surface area contributed by atoms with Gasteiger partial charge in [-0.15, -0.1) is 0 Å². The van der Waals surface area contributed by atoms with Crippen molar-refractivity contribution in [3.05, 3.63) is 48.4 Å². The summed E-state index contributed by atoms with van der Waals surface area (Å²) in [6, 6.07) is 7.47. The molecule has 33 heavy (non-hydrogen) atoms. The van der Waals surface area contributed by atoms with E-state index in [9.17, 15) is 13.6 Å². The average molecular weight is 453 g/mol. The second kappa shape index (κ2) is 8.42. The number of carbonyl (C=O) groups is 1. The number of hydrogen-bond acceptors (Lipinski definition) is 6. The molecule has 10 heteroatoms. The van der Waals surface area contributed by atoms with Crippen LogP contribution in [-0.4, -0.2) is 57.7 Å². The molecule has 8 nitrogen and oxygen atoms in total. The number of aromatic amines is 1. The molecule has 2 aliphatic rings. The van der Waals surface area contributed by atoms with Gasteiger partial charge < -0.3 is 15.1 Å². The summed E-state index contributed by atoms with van der Waals surface area (Å²) in [6.45, 7) is 2.82. The van der Waals surface area contributed by atoms with Crippen molar-refractivity contribution >= 4 is 23.2 Å². The van der Waals surface area contributed by atoms with Crippen LogP contribution in [0, 0.1) is 0 Å². The number of carbonyl (C=O) groups excluding carboxylic acids is 1. The smallest absolute Gasteiger partial charge is 0.266 e. The highest BCUT2D eigenvalue weighted by molar-refractivity contribution is 6.08. The van der Waals surface area contributed by atoms with Crippen LogP contribution < -0.4 is 15.1 Å². The molecular formula is C23H25F2N7O. The van der Waals surface area contributed by atoms with Crippen molar-refractivity contribution in [1.29, 1.82) is 0 Å². The third kappa shape index (κ3) is 4.24. The molecule has 0 unspecified atom stereocenters. The van der Waals surface area contributed by atoms with Gasteiger partial charge in [-0.2, -0.15) is 5.10 Å². The summed E-state index contributed by atoms with van der Waals surface area (Å²) in [5, 5.41) is 9.74. The Balaban J connectivity index is 1.45. The van der Waals surface area contributed by atoms with E-state index in [4.69, 9.17) is 0 Å². The number of rotatable bonds is 5. The fourth-order valence-corrected chi connectivity index (χ4v) is 4.51. The highest BCUT2D eigenvalue weighted by Crippen LogP contribution is 2.38. The van der Waals surface area contributed by atoms with Crippen LogP contribution >= 0.6 is 0 Å². The number of alkyl halides is 2. The Morgan fingerprint density at radius 1 is 1.18 bits per heavy atom. The molecule has 3 aromatic rings. The molecule has 1 amide bonds. The first kappa shape index (κ1) is 21.3. The molecule has 3 aromatic heterocycles. The van der Waals surface area contributed by atoms with E-state index in [1.807, 2.05) is 6.07 Å². The first-order valence-corrected chi connectivity index (χ1v) is 11.1. The number of hydrogen-bond donors (Lipinski definition) is 2. The van der Waals surface area contributed by atoms with Crippen LogP contribution in [0.1, 0.15) is 36.5 Å². The fraction of sp³-hybridized carbons (Fsp3) is 0.391. The van der Waals surface area contributed by atoms with Gasteiger partial charge in [-0.3, -0.25) is 9.89 Å². The van der Waals surface area contributed by atoms with E-state index in [-0.39, 0.29) is 18.9 Å². The number of H-pyrrole nitrogens is 1. The largest absolute Gasteiger partial charge is 0.354 e. The zero-order valence-corrected chi connectivity index (χ0v) is 18.3. The minimum Gasteiger partial charge on any atom is -0.354 e. The third-order valence-corrected chi connectivity index (χ3v) is 6.29. The Labute approximate surface area is 190 Å². The lowest BCUT2D eigenvalue weighted by molar-refractivity contribution is 0.0257. The summed E-state index contributed by atoms with van der Waals surface area (Å²) < 4.78 is 27.8. The van der Waals surface area contributed by atoms with Gasteiger partial charge in [0.25, 0.3) is 11.8 Å². The van der Waals surface area contributed by atoms with E-state index in [0.717, 1.165) is 25.2 Å². The lowest BCUT2D eigenvalue weighted by Gasteiger charge is -2.23. The molecule has 0 spiro atoms. The summed E-state index contributed by atoms with van der Waals surface area (Å²) >= 11 is 0. The Morgan fingerprint density at radius 3 is 2.70 bits per heavy atom. The molecule has 1 atom stereocenters. The van der Waals surface area contributed by atoms with E-state index in [1.54, 1.807) is 36.8 Å². The molecule has 0 bridgehead atoms. The van der Waals surface area contributed by atoms with Crippen LogP contribution in [0.3, 0.4) is 0 Å². The topological polar surface area (TPSA) is 90.0 Å². The van der Waals surface area contributed by atoms with Gasteiger partial charge in [0.2, 0.25) is 0 Å². The standard InChI is InChI=1S/C23H25F2N7O/c1-15-3-2-11-32(15)19-5-4-16(13-27-19)22(33)29-20-17(18-7-10-28-30-18)6-9-26-21(20)31-12-8-23(24,25)14-31/h4-7,9-10,13,15H,2-3,8,11-12,14H2,1H3,(H,28,30)(H,29,33)/t15-/m0/s1. The summed E-state index contributed by atoms with van der Waals surface area (Å²) in [5.74, 6) is -2.02. The summed E-state index contributed by atoms with van der Waals surface area (Å²) in [6.07, 6.45) is 6.68. The second-order valence-electron chi connectivity index (χ2n) is 8.60. The number of amides is 1. The third-order valence-electron chi connectivity index (χ3n) is 6.29. The van der Waals surface area contributed by atoms with Crippen LogP contribution in [-0.2, 0) is 0 Å². The molecule has 5 rings (SSSR count). The van der Waals surface area contributed by atoms with Crippen molar-refractivity contribution < 1.29 is 13.6 Å². The van der Waals surface area contributed by atoms with Crippen LogP contribution in [0.4, 0.5) is 26.1 Å². The van der Waals surface area contributed by atoms with Crippen LogP contribution in [0.25, 0.3) is 11.3 Å². The van der Waals surface area contributed by atoms with Gasteiger partial charge in [-0.25, -0.2) is 18.7 Å². The van der Waals surface area contributed by atoms with E-state index in [1.165, 1.54) is 4.90 Å². The first-order valence-electron chi connectivity index (χ1n) is 11.1. The molecule has 2 saturated heterocycles. The molecule has 2 fully saturated rings. The van der Waals surface area contributed by atoms with Gasteiger partial charge >= 0.3 is 0 Å². The van der Waals surface area contributed by atoms with Crippen molar-refractivity contribution in [2.75, 3.05) is 34.8 Å². The van der Waals surface area contributed by atoms with Crippen molar-refractivity contribution in [2.24, 2.45) is 0 Å². The highest BCUT2D eigenvalue weighted by Gasteiger charge is 2.40. The molecular weight excluding hydrogens is 428 g/mol. The maximum absolute atomic E-state index is 13.9. The van der Waals surface area contributed by atoms with E-state index < -0.39 is 12.5 Å². The maximum Gasteiger partial charge on any atom is 0.266 e. The zero-order chi connectivity index (χ0) is 23.0. The molecule has 0 radical (unpaired) electrons. The minimum atomic E-state index is -2.79. The van der Waals surface area contributed by atoms with E-state index in [2.05, 4.69) is 37.3 Å². The summed E-state index contributed by atoms with van der Waals surface area (Å²) in [7, 11) is 0. The number of pyridine rings is 2. The monoisotopic (exact) mass is 453 g/mol. The Bertz CT molecular complexity index is 1130. The summed E-state index contributed by atoms with van der Waals surface area (Å²) in [4.78, 5) is 25.7. The predicted octanol–water partition coefficient (Wildman–Crippen LogP) is 3.95. The van der Waals surface area contributed by atoms with Gasteiger partial charge in [0.15, 0.2) is 5.82 Å². The molecule has 172 valence electrons. The quantitative estimate of drug-likeness (QED) is 0.608. The van der Waals surface area contributed by atoms with Gasteiger partial charge in [0.05, 0.1) is 23.5 Å². The van der Waals surface area contributed by atoms with Crippen LogP contribution in [0.2, 0.25) is 0 Å². The minimum absolute atomic E-state index is 0.152. The van der Waals surface area contributed by atoms with Gasteiger partial charge in [0, 0.05) is 49.7 Å². The maximum atomic E-state index is 13.9. The number of halogens is 2. The number of aromatic nitrogens is 4. The number of nitrogens with one attached hydrogen (secondary N) is 2. The second-order valence-corrected chi connectivity index (χ2v) is 8.60. The zero-order valence-electron chi connectivity index (χ0n) is 18.3. The Hall–Kier alpha value is -3.56.